The summed E-state index contributed by atoms with van der Waals surface area (Å²) in [5.74, 6) is -5.98. The third-order valence-corrected chi connectivity index (χ3v) is 20.7. The van der Waals surface area contributed by atoms with Gasteiger partial charge in [-0.3, -0.25) is 61.7 Å². The van der Waals surface area contributed by atoms with Gasteiger partial charge >= 0.3 is 25.2 Å². The van der Waals surface area contributed by atoms with E-state index in [1.54, 1.807) is 55.0 Å². The van der Waals surface area contributed by atoms with Crippen molar-refractivity contribution in [3.05, 3.63) is 147 Å². The fourth-order valence-corrected chi connectivity index (χ4v) is 14.1. The molecule has 6 N–H and O–H groups in total. The van der Waals surface area contributed by atoms with Gasteiger partial charge < -0.3 is 45.9 Å². The number of nitrogens with one attached hydrogen (secondary N) is 3. The van der Waals surface area contributed by atoms with E-state index in [1.165, 1.54) is 69.6 Å². The zero-order valence-electron chi connectivity index (χ0n) is 59.2. The summed E-state index contributed by atoms with van der Waals surface area (Å²) in [5.41, 5.74) is 6.20. The van der Waals surface area contributed by atoms with E-state index in [1.807, 2.05) is 70.2 Å². The number of nitrogens with zero attached hydrogens (tertiary/aromatic N) is 3. The first-order valence-electron chi connectivity index (χ1n) is 33.6. The van der Waals surface area contributed by atoms with Crippen LogP contribution < -0.4 is 26.6 Å². The lowest BCUT2D eigenvalue weighted by Crippen LogP contribution is -2.58. The van der Waals surface area contributed by atoms with Gasteiger partial charge in [-0.25, -0.2) is 4.98 Å². The minimum atomic E-state index is -5.61. The zero-order chi connectivity index (χ0) is 74.1. The van der Waals surface area contributed by atoms with Crippen molar-refractivity contribution in [3.8, 4) is 10.4 Å². The van der Waals surface area contributed by atoms with Crippen LogP contribution in [-0.2, 0) is 109 Å². The average Bonchev–Trinajstić information content (AvgIpc) is 1.64. The van der Waals surface area contributed by atoms with Crippen LogP contribution >= 0.6 is 18.9 Å². The second-order valence-electron chi connectivity index (χ2n) is 29.1. The summed E-state index contributed by atoms with van der Waals surface area (Å²) >= 11 is 1.54. The predicted molar refractivity (Wildman–Crippen MR) is 374 cm³/mol. The molecule has 27 heteroatoms. The fraction of sp³-hybridized carbons (Fsp3) is 0.486. The number of anilines is 1. The number of carbonyl (C=O) groups excluding carboxylic acids is 9. The number of halogens is 2. The number of nitrogens with two attached hydrogens (primary N) is 1. The molecule has 544 valence electrons. The van der Waals surface area contributed by atoms with E-state index in [9.17, 15) is 52.8 Å². The van der Waals surface area contributed by atoms with Crippen LogP contribution in [0.2, 0.25) is 0 Å². The highest BCUT2D eigenvalue weighted by molar-refractivity contribution is 7.54. The number of aryl methyl sites for hydroxylation is 2. The Bertz CT molecular complexity index is 3920. The molecule has 1 saturated heterocycles. The van der Waals surface area contributed by atoms with Crippen LogP contribution in [0, 0.1) is 29.1 Å². The van der Waals surface area contributed by atoms with Crippen LogP contribution in [-0.4, -0.2) is 125 Å². The third-order valence-electron chi connectivity index (χ3n) is 17.9. The molecule has 0 unspecified atom stereocenters. The summed E-state index contributed by atoms with van der Waals surface area (Å²) < 4.78 is 72.7. The number of hydrogen-bond donors (Lipinski definition) is 5. The summed E-state index contributed by atoms with van der Waals surface area (Å²) in [6, 6.07) is 20.9. The van der Waals surface area contributed by atoms with Gasteiger partial charge in [-0.15, -0.1) is 11.3 Å². The molecule has 0 aliphatic carbocycles. The third kappa shape index (κ3) is 19.8. The number of ether oxygens (including phenoxy) is 3. The van der Waals surface area contributed by atoms with Crippen molar-refractivity contribution >= 4 is 83.4 Å². The second kappa shape index (κ2) is 32.7. The quantitative estimate of drug-likeness (QED) is 0.0129. The molecular formula is C74H92F2N7O16PS. The molecule has 0 bridgehead atoms. The average molecular weight is 1440 g/mol. The number of esters is 2. The van der Waals surface area contributed by atoms with Crippen LogP contribution in [0.4, 0.5) is 14.5 Å². The monoisotopic (exact) mass is 1440 g/mol. The van der Waals surface area contributed by atoms with Gasteiger partial charge in [0.2, 0.25) is 49.0 Å². The minimum Gasteiger partial charge on any atom is -0.438 e. The highest BCUT2D eigenvalue weighted by Crippen LogP contribution is 2.67. The number of allylic oxidation sites excluding steroid dienone is 2. The topological polar surface area (TPSA) is 319 Å². The number of benzene rings is 4. The maximum atomic E-state index is 16.3. The fourth-order valence-electron chi connectivity index (χ4n) is 12.0. The van der Waals surface area contributed by atoms with Crippen molar-refractivity contribution in [1.29, 1.82) is 0 Å². The SMILES string of the molecule is C/C(=C\C(=O)C[C@H]1CCc2cccc3c2N(C1=O)[C@H](C(=O)N[C@@H](CCC(N)=O)[C@@H](C)OCc1ccc(CC(=O)N[C@H](C(=O)N2C[C@H](O)C[C@H]2C(=O)NCc2ccc(-c4scnc4C)cc2)C(C)(C)C)cc1)C3)c1ccc(C(F)(F)P(=O)(OCOC(=O)C(C)(C)C)OCOC(=O)C(C)(C)C)cc1. The van der Waals surface area contributed by atoms with Crippen LogP contribution in [0.15, 0.2) is 103 Å². The van der Waals surface area contributed by atoms with E-state index in [0.29, 0.717) is 34.4 Å². The predicted octanol–water partition coefficient (Wildman–Crippen LogP) is 10.1. The number of likely N-dealkylation sites (tertiary alicyclic amines) is 1. The molecule has 6 amide bonds. The minimum absolute atomic E-state index is 0.0370. The number of β-amino-alcohol motifs (C(OH)–C–C–N with tert-alkyl or cyclic N) is 1. The molecule has 4 heterocycles. The van der Waals surface area contributed by atoms with Crippen LogP contribution in [0.25, 0.3) is 16.0 Å². The van der Waals surface area contributed by atoms with Gasteiger partial charge in [0.15, 0.2) is 5.78 Å². The zero-order valence-corrected chi connectivity index (χ0v) is 60.9. The van der Waals surface area contributed by atoms with Crippen LogP contribution in [0.5, 0.6) is 0 Å². The first-order valence-corrected chi connectivity index (χ1v) is 36.0. The molecule has 0 saturated carbocycles. The van der Waals surface area contributed by atoms with E-state index >= 15 is 8.78 Å². The van der Waals surface area contributed by atoms with Gasteiger partial charge in [-0.2, -0.15) is 8.78 Å². The van der Waals surface area contributed by atoms with Gasteiger partial charge in [-0.05, 0) is 138 Å². The number of amides is 6. The van der Waals surface area contributed by atoms with Gasteiger partial charge in [0.1, 0.15) is 18.1 Å². The number of primary amides is 1. The summed E-state index contributed by atoms with van der Waals surface area (Å²) in [5, 5.41) is 19.6. The van der Waals surface area contributed by atoms with Crippen molar-refractivity contribution in [3.63, 3.8) is 0 Å². The molecule has 101 heavy (non-hydrogen) atoms. The van der Waals surface area contributed by atoms with Crippen molar-refractivity contribution in [2.75, 3.05) is 25.0 Å². The molecule has 4 aromatic carbocycles. The van der Waals surface area contributed by atoms with Crippen molar-refractivity contribution in [1.82, 2.24) is 25.8 Å². The van der Waals surface area contributed by atoms with Gasteiger partial charge in [0.05, 0.1) is 63.9 Å². The summed E-state index contributed by atoms with van der Waals surface area (Å²) in [7, 11) is -5.61. The van der Waals surface area contributed by atoms with Crippen molar-refractivity contribution < 1.29 is 84.9 Å². The normalized spacial score (nSPS) is 18.2. The number of aliphatic hydroxyl groups is 1. The number of aromatic nitrogens is 1. The molecule has 7 atom stereocenters. The van der Waals surface area contributed by atoms with Gasteiger partial charge in [0.25, 0.3) is 0 Å². The van der Waals surface area contributed by atoms with Crippen molar-refractivity contribution in [2.24, 2.45) is 27.9 Å². The lowest BCUT2D eigenvalue weighted by molar-refractivity contribution is -0.163. The Kier molecular flexibility index (Phi) is 25.4. The van der Waals surface area contributed by atoms with Crippen molar-refractivity contribution in [2.45, 2.75) is 190 Å². The lowest BCUT2D eigenvalue weighted by atomic mass is 9.85. The summed E-state index contributed by atoms with van der Waals surface area (Å²) in [6.45, 7) is 17.6. The van der Waals surface area contributed by atoms with E-state index in [-0.39, 0.29) is 64.6 Å². The largest absolute Gasteiger partial charge is 0.438 e. The molecule has 1 aromatic heterocycles. The number of carbonyl (C=O) groups is 9. The van der Waals surface area contributed by atoms with Gasteiger partial charge in [-0.1, -0.05) is 112 Å². The first-order chi connectivity index (χ1) is 47.3. The van der Waals surface area contributed by atoms with Crippen LogP contribution in [0.1, 0.15) is 153 Å². The summed E-state index contributed by atoms with van der Waals surface area (Å²) in [4.78, 5) is 130. The maximum absolute atomic E-state index is 16.3. The Balaban J connectivity index is 0.868. The Labute approximate surface area is 591 Å². The molecule has 0 spiro atoms. The maximum Gasteiger partial charge on any atom is 0.410 e. The van der Waals surface area contributed by atoms with E-state index in [0.717, 1.165) is 45.0 Å². The highest BCUT2D eigenvalue weighted by atomic mass is 32.1. The molecule has 23 nitrogen and oxygen atoms in total. The smallest absolute Gasteiger partial charge is 0.410 e. The number of aliphatic hydroxyl groups excluding tert-OH is 1. The molecule has 0 radical (unpaired) electrons. The molecular weight excluding hydrogens is 1340 g/mol. The molecule has 5 aromatic rings. The molecule has 3 aliphatic heterocycles. The van der Waals surface area contributed by atoms with E-state index in [4.69, 9.17) is 29.0 Å². The van der Waals surface area contributed by atoms with Gasteiger partial charge in [0, 0.05) is 50.3 Å². The molecule has 1 fully saturated rings. The number of para-hydroxylation sites is 1. The molecule has 3 aliphatic rings. The highest BCUT2D eigenvalue weighted by Gasteiger charge is 2.56. The Morgan fingerprint density at radius 2 is 1.41 bits per heavy atom. The Hall–Kier alpha value is -8.39. The van der Waals surface area contributed by atoms with Crippen LogP contribution in [0.3, 0.4) is 0 Å². The Morgan fingerprint density at radius 3 is 1.99 bits per heavy atom. The number of thiazole rings is 1. The second-order valence-corrected chi connectivity index (χ2v) is 32.1. The number of hydrogen-bond acceptors (Lipinski definition) is 18. The number of rotatable bonds is 29. The Morgan fingerprint density at radius 1 is 0.802 bits per heavy atom. The van der Waals surface area contributed by atoms with E-state index < -0.39 is 144 Å². The first kappa shape index (κ1) is 78.3. The standard InChI is InChI=1S/C74H92F2N7O16PS/c1-43(49-26-28-54(29-27-49)74(75,76)100(94,98-41-96-69(92)72(7,8)9)99-42-97-70(93)73(10,11)12)32-55(84)34-53-25-24-50-14-13-15-52-35-59(83(62(50)52)67(53)90)66(89)80-57(30-31-60(77)86)45(3)95-39-48-18-16-46(17-19-48)33-61(87)81-64(71(4,5)6)68(91)82-38-56(85)36-58(82)65(88)78-37-47-20-22-51(23-21-47)63-44(2)79-40-101-63/h13-23,26-29,32,40,45,53,56-59,64,85H,24-25,30-31,33-39,41-42H2,1-12H3,(H2,77,86)(H,78,88)(H,80,89)(H,81,87)/b43-32+/t45-,53-,56-,57+,58+,59+,64-/m1/s1. The lowest BCUT2D eigenvalue weighted by Gasteiger charge is -2.35. The molecule has 8 rings (SSSR count). The summed E-state index contributed by atoms with van der Waals surface area (Å²) in [6.07, 6.45) is 0.120. The van der Waals surface area contributed by atoms with E-state index in [2.05, 4.69) is 20.9 Å². The number of alkyl halides is 2. The number of ketones is 1.